The second-order valence-electron chi connectivity index (χ2n) is 3.02. The third-order valence-corrected chi connectivity index (χ3v) is 2.62. The second-order valence-corrected chi connectivity index (χ2v) is 3.43. The van der Waals surface area contributed by atoms with Crippen LogP contribution in [0.3, 0.4) is 0 Å². The number of carbonyl (C=O) groups is 1. The minimum Gasteiger partial charge on any atom is -0.318 e. The zero-order valence-electron chi connectivity index (χ0n) is 5.97. The van der Waals surface area contributed by atoms with Crippen LogP contribution in [0.5, 0.6) is 0 Å². The molecule has 2 N–H and O–H groups in total. The van der Waals surface area contributed by atoms with Gasteiger partial charge < -0.3 is 5.73 Å². The molecule has 0 bridgehead atoms. The van der Waals surface area contributed by atoms with E-state index < -0.39 is 5.54 Å². The first kappa shape index (κ1) is 8.08. The standard InChI is InChI=1S/C7H13NOS/c8-7(6(9)10)4-2-1-3-5-7/h1-5,8H2,(H,9,10). The highest BCUT2D eigenvalue weighted by atomic mass is 32.1. The zero-order valence-corrected chi connectivity index (χ0v) is 6.86. The van der Waals surface area contributed by atoms with Gasteiger partial charge in [0.05, 0.1) is 5.54 Å². The molecule has 1 fully saturated rings. The number of nitrogens with two attached hydrogens (primary N) is 1. The summed E-state index contributed by atoms with van der Waals surface area (Å²) in [6.45, 7) is 0. The summed E-state index contributed by atoms with van der Waals surface area (Å²) >= 11 is 3.76. The van der Waals surface area contributed by atoms with Gasteiger partial charge in [-0.2, -0.15) is 0 Å². The van der Waals surface area contributed by atoms with Crippen molar-refractivity contribution in [1.29, 1.82) is 0 Å². The van der Waals surface area contributed by atoms with Crippen LogP contribution in [0.25, 0.3) is 0 Å². The molecule has 1 aliphatic carbocycles. The van der Waals surface area contributed by atoms with E-state index in [1.807, 2.05) is 0 Å². The average molecular weight is 159 g/mol. The number of hydrogen-bond acceptors (Lipinski definition) is 2. The summed E-state index contributed by atoms with van der Waals surface area (Å²) < 4.78 is 0. The summed E-state index contributed by atoms with van der Waals surface area (Å²) in [5.41, 5.74) is 5.18. The van der Waals surface area contributed by atoms with Crippen LogP contribution in [0.4, 0.5) is 0 Å². The van der Waals surface area contributed by atoms with Crippen LogP contribution in [-0.2, 0) is 4.79 Å². The van der Waals surface area contributed by atoms with Crippen molar-refractivity contribution in [3.05, 3.63) is 0 Å². The molecule has 0 aromatic rings. The van der Waals surface area contributed by atoms with Crippen molar-refractivity contribution in [2.24, 2.45) is 5.73 Å². The van der Waals surface area contributed by atoms with Crippen molar-refractivity contribution < 1.29 is 4.79 Å². The Labute approximate surface area is 66.6 Å². The molecule has 3 heteroatoms. The van der Waals surface area contributed by atoms with Crippen molar-refractivity contribution in [3.8, 4) is 0 Å². The second kappa shape index (κ2) is 2.93. The van der Waals surface area contributed by atoms with Crippen molar-refractivity contribution in [2.75, 3.05) is 0 Å². The fraction of sp³-hybridized carbons (Fsp3) is 0.857. The van der Waals surface area contributed by atoms with Crippen molar-refractivity contribution in [3.63, 3.8) is 0 Å². The Kier molecular flexibility index (Phi) is 2.36. The molecule has 0 heterocycles. The quantitative estimate of drug-likeness (QED) is 0.563. The Bertz CT molecular complexity index is 141. The Morgan fingerprint density at radius 3 is 2.10 bits per heavy atom. The largest absolute Gasteiger partial charge is 0.318 e. The molecule has 0 unspecified atom stereocenters. The lowest BCUT2D eigenvalue weighted by Gasteiger charge is -2.29. The lowest BCUT2D eigenvalue weighted by Crippen LogP contribution is -2.47. The molecule has 0 radical (unpaired) electrons. The van der Waals surface area contributed by atoms with E-state index in [1.54, 1.807) is 0 Å². The molecule has 0 amide bonds. The summed E-state index contributed by atoms with van der Waals surface area (Å²) in [7, 11) is 0. The number of carbonyl (C=O) groups excluding carboxylic acids is 1. The van der Waals surface area contributed by atoms with E-state index in [9.17, 15) is 4.79 Å². The number of rotatable bonds is 1. The predicted molar refractivity (Wildman–Crippen MR) is 44.0 cm³/mol. The van der Waals surface area contributed by atoms with Crippen LogP contribution >= 0.6 is 12.6 Å². The SMILES string of the molecule is NC1(C(=O)S)CCCCC1. The first-order valence-corrected chi connectivity index (χ1v) is 4.12. The van der Waals surface area contributed by atoms with Crippen molar-refractivity contribution >= 4 is 17.7 Å². The number of thiol groups is 1. The lowest BCUT2D eigenvalue weighted by molar-refractivity contribution is -0.116. The van der Waals surface area contributed by atoms with E-state index in [0.717, 1.165) is 25.7 Å². The minimum atomic E-state index is -0.596. The summed E-state index contributed by atoms with van der Waals surface area (Å²) in [6.07, 6.45) is 4.98. The van der Waals surface area contributed by atoms with Crippen LogP contribution in [0.1, 0.15) is 32.1 Å². The van der Waals surface area contributed by atoms with Gasteiger partial charge in [-0.1, -0.05) is 19.3 Å². The van der Waals surface area contributed by atoms with E-state index in [0.29, 0.717) is 0 Å². The Balaban J connectivity index is 2.56. The van der Waals surface area contributed by atoms with Gasteiger partial charge in [0.1, 0.15) is 0 Å². The molecule has 10 heavy (non-hydrogen) atoms. The molecule has 1 saturated carbocycles. The Morgan fingerprint density at radius 2 is 1.80 bits per heavy atom. The van der Waals surface area contributed by atoms with E-state index in [1.165, 1.54) is 6.42 Å². The maximum absolute atomic E-state index is 10.9. The zero-order chi connectivity index (χ0) is 7.61. The molecule has 0 spiro atoms. The molecule has 1 aliphatic rings. The average Bonchev–Trinajstić information content (AvgIpc) is 1.89. The summed E-state index contributed by atoms with van der Waals surface area (Å²) in [6, 6.07) is 0. The highest BCUT2D eigenvalue weighted by Gasteiger charge is 2.32. The molecule has 0 atom stereocenters. The molecular weight excluding hydrogens is 146 g/mol. The number of hydrogen-bond donors (Lipinski definition) is 2. The van der Waals surface area contributed by atoms with E-state index in [2.05, 4.69) is 12.6 Å². The van der Waals surface area contributed by atoms with Crippen LogP contribution in [0.2, 0.25) is 0 Å². The molecule has 1 rings (SSSR count). The van der Waals surface area contributed by atoms with E-state index in [4.69, 9.17) is 5.73 Å². The normalized spacial score (nSPS) is 24.2. The molecule has 2 nitrogen and oxygen atoms in total. The monoisotopic (exact) mass is 159 g/mol. The molecular formula is C7H13NOS. The van der Waals surface area contributed by atoms with Gasteiger partial charge in [-0.15, -0.1) is 12.6 Å². The smallest absolute Gasteiger partial charge is 0.205 e. The molecule has 0 aromatic heterocycles. The third-order valence-electron chi connectivity index (χ3n) is 2.17. The van der Waals surface area contributed by atoms with Crippen LogP contribution < -0.4 is 5.73 Å². The Hall–Kier alpha value is -0.0200. The summed E-state index contributed by atoms with van der Waals surface area (Å²) in [5, 5.41) is -0.146. The summed E-state index contributed by atoms with van der Waals surface area (Å²) in [4.78, 5) is 10.9. The fourth-order valence-electron chi connectivity index (χ4n) is 1.40. The van der Waals surface area contributed by atoms with Crippen LogP contribution in [-0.4, -0.2) is 10.7 Å². The third kappa shape index (κ3) is 1.52. The first-order valence-electron chi connectivity index (χ1n) is 3.67. The highest BCUT2D eigenvalue weighted by Crippen LogP contribution is 2.27. The van der Waals surface area contributed by atoms with Gasteiger partial charge in [0.25, 0.3) is 0 Å². The van der Waals surface area contributed by atoms with Gasteiger partial charge in [0.15, 0.2) is 0 Å². The van der Waals surface area contributed by atoms with Crippen molar-refractivity contribution in [1.82, 2.24) is 0 Å². The van der Waals surface area contributed by atoms with Gasteiger partial charge in [-0.3, -0.25) is 4.79 Å². The Morgan fingerprint density at radius 1 is 1.30 bits per heavy atom. The highest BCUT2D eigenvalue weighted by molar-refractivity contribution is 7.96. The predicted octanol–water partition coefficient (Wildman–Crippen LogP) is 1.10. The maximum Gasteiger partial charge on any atom is 0.205 e. The van der Waals surface area contributed by atoms with Gasteiger partial charge in [0.2, 0.25) is 5.12 Å². The fourth-order valence-corrected chi connectivity index (χ4v) is 1.62. The molecule has 0 aromatic carbocycles. The van der Waals surface area contributed by atoms with Gasteiger partial charge >= 0.3 is 0 Å². The lowest BCUT2D eigenvalue weighted by atomic mass is 9.84. The van der Waals surface area contributed by atoms with Gasteiger partial charge in [-0.25, -0.2) is 0 Å². The van der Waals surface area contributed by atoms with E-state index in [-0.39, 0.29) is 5.12 Å². The first-order chi connectivity index (χ1) is 4.65. The summed E-state index contributed by atoms with van der Waals surface area (Å²) in [5.74, 6) is 0. The molecule has 0 saturated heterocycles. The minimum absolute atomic E-state index is 0.146. The topological polar surface area (TPSA) is 43.1 Å². The van der Waals surface area contributed by atoms with E-state index >= 15 is 0 Å². The van der Waals surface area contributed by atoms with Crippen LogP contribution in [0, 0.1) is 0 Å². The maximum atomic E-state index is 10.9. The van der Waals surface area contributed by atoms with Gasteiger partial charge in [0, 0.05) is 0 Å². The van der Waals surface area contributed by atoms with Gasteiger partial charge in [-0.05, 0) is 12.8 Å². The molecule has 58 valence electrons. The van der Waals surface area contributed by atoms with Crippen molar-refractivity contribution in [2.45, 2.75) is 37.6 Å². The van der Waals surface area contributed by atoms with Crippen LogP contribution in [0.15, 0.2) is 0 Å². The molecule has 0 aliphatic heterocycles.